The molecule has 4 nitrogen and oxygen atoms in total. The van der Waals surface area contributed by atoms with Gasteiger partial charge in [-0.15, -0.1) is 0 Å². The van der Waals surface area contributed by atoms with Crippen molar-refractivity contribution in [1.82, 2.24) is 14.4 Å². The normalized spacial score (nSPS) is 18.8. The van der Waals surface area contributed by atoms with E-state index in [-0.39, 0.29) is 11.0 Å². The Balaban J connectivity index is 1.76. The summed E-state index contributed by atoms with van der Waals surface area (Å²) in [6.07, 6.45) is 7.35. The van der Waals surface area contributed by atoms with Crippen molar-refractivity contribution in [3.63, 3.8) is 0 Å². The second-order valence-corrected chi connectivity index (χ2v) is 7.29. The summed E-state index contributed by atoms with van der Waals surface area (Å²) < 4.78 is 1.65. The average molecular weight is 343 g/mol. The third-order valence-corrected chi connectivity index (χ3v) is 5.43. The summed E-state index contributed by atoms with van der Waals surface area (Å²) >= 11 is 0. The van der Waals surface area contributed by atoms with Crippen LogP contribution in [0.25, 0.3) is 5.65 Å². The lowest BCUT2D eigenvalue weighted by Crippen LogP contribution is -2.33. The van der Waals surface area contributed by atoms with Gasteiger partial charge < -0.3 is 0 Å². The van der Waals surface area contributed by atoms with Crippen LogP contribution in [0.15, 0.2) is 47.5 Å². The number of hydrogen-bond donors (Lipinski definition) is 0. The highest BCUT2D eigenvalue weighted by molar-refractivity contribution is 5.50. The molecule has 130 valence electrons. The van der Waals surface area contributed by atoms with Gasteiger partial charge in [0.1, 0.15) is 11.3 Å². The summed E-state index contributed by atoms with van der Waals surface area (Å²) in [5.74, 6) is 6.15. The molecular formula is C22H21N3O. The SMILES string of the molecule is CCC1(C)CCc2nc3cc(C#Cc4ccccn4)ccn3c(=O)c2C1. The Labute approximate surface area is 152 Å². The Morgan fingerprint density at radius 3 is 2.92 bits per heavy atom. The van der Waals surface area contributed by atoms with E-state index in [9.17, 15) is 4.79 Å². The highest BCUT2D eigenvalue weighted by Crippen LogP contribution is 2.35. The molecule has 0 spiro atoms. The van der Waals surface area contributed by atoms with Gasteiger partial charge in [-0.1, -0.05) is 32.3 Å². The molecule has 1 atom stereocenters. The van der Waals surface area contributed by atoms with Crippen molar-refractivity contribution in [2.45, 2.75) is 39.5 Å². The number of rotatable bonds is 1. The quantitative estimate of drug-likeness (QED) is 0.636. The Bertz CT molecular complexity index is 1090. The van der Waals surface area contributed by atoms with Crippen LogP contribution in [0.2, 0.25) is 0 Å². The summed E-state index contributed by atoms with van der Waals surface area (Å²) in [7, 11) is 0. The maximum Gasteiger partial charge on any atom is 0.261 e. The van der Waals surface area contributed by atoms with Crippen molar-refractivity contribution >= 4 is 5.65 Å². The molecule has 0 fully saturated rings. The van der Waals surface area contributed by atoms with E-state index in [1.165, 1.54) is 0 Å². The lowest BCUT2D eigenvalue weighted by molar-refractivity contribution is 0.264. The minimum Gasteiger partial charge on any atom is -0.269 e. The Morgan fingerprint density at radius 2 is 2.15 bits per heavy atom. The number of hydrogen-bond acceptors (Lipinski definition) is 3. The van der Waals surface area contributed by atoms with E-state index >= 15 is 0 Å². The van der Waals surface area contributed by atoms with Crippen LogP contribution in [0.4, 0.5) is 0 Å². The number of aromatic nitrogens is 3. The number of fused-ring (bicyclic) bond motifs is 2. The molecule has 1 unspecified atom stereocenters. The molecule has 0 amide bonds. The molecule has 4 rings (SSSR count). The molecule has 4 heteroatoms. The van der Waals surface area contributed by atoms with E-state index in [2.05, 4.69) is 30.7 Å². The van der Waals surface area contributed by atoms with E-state index in [0.29, 0.717) is 5.65 Å². The van der Waals surface area contributed by atoms with Crippen molar-refractivity contribution in [3.8, 4) is 11.8 Å². The van der Waals surface area contributed by atoms with Gasteiger partial charge in [-0.05, 0) is 54.9 Å². The van der Waals surface area contributed by atoms with Crippen LogP contribution in [-0.4, -0.2) is 14.4 Å². The van der Waals surface area contributed by atoms with Gasteiger partial charge in [-0.25, -0.2) is 9.97 Å². The van der Waals surface area contributed by atoms with Gasteiger partial charge in [0.15, 0.2) is 0 Å². The summed E-state index contributed by atoms with van der Waals surface area (Å²) in [5.41, 5.74) is 4.33. The second kappa shape index (κ2) is 6.42. The first-order valence-electron chi connectivity index (χ1n) is 9.05. The van der Waals surface area contributed by atoms with E-state index in [1.54, 1.807) is 16.8 Å². The van der Waals surface area contributed by atoms with Gasteiger partial charge in [0.2, 0.25) is 0 Å². The molecule has 0 bridgehead atoms. The minimum absolute atomic E-state index is 0.0635. The molecular weight excluding hydrogens is 322 g/mol. The Morgan fingerprint density at radius 1 is 1.27 bits per heavy atom. The fraction of sp³-hybridized carbons (Fsp3) is 0.318. The molecule has 0 N–H and O–H groups in total. The van der Waals surface area contributed by atoms with Crippen molar-refractivity contribution < 1.29 is 0 Å². The van der Waals surface area contributed by atoms with Crippen LogP contribution in [-0.2, 0) is 12.8 Å². The monoisotopic (exact) mass is 343 g/mol. The molecule has 3 heterocycles. The molecule has 26 heavy (non-hydrogen) atoms. The molecule has 0 saturated heterocycles. The first kappa shape index (κ1) is 16.5. The third kappa shape index (κ3) is 3.01. The smallest absolute Gasteiger partial charge is 0.261 e. The summed E-state index contributed by atoms with van der Waals surface area (Å²) in [5, 5.41) is 0. The summed E-state index contributed by atoms with van der Waals surface area (Å²) in [6, 6.07) is 9.39. The van der Waals surface area contributed by atoms with E-state index < -0.39 is 0 Å². The highest BCUT2D eigenvalue weighted by atomic mass is 16.1. The zero-order valence-corrected chi connectivity index (χ0v) is 15.1. The predicted molar refractivity (Wildman–Crippen MR) is 102 cm³/mol. The number of aryl methyl sites for hydroxylation is 1. The van der Waals surface area contributed by atoms with Crippen molar-refractivity contribution in [2.75, 3.05) is 0 Å². The Kier molecular flexibility index (Phi) is 4.08. The second-order valence-electron chi connectivity index (χ2n) is 7.29. The van der Waals surface area contributed by atoms with Crippen LogP contribution in [0.1, 0.15) is 49.2 Å². The van der Waals surface area contributed by atoms with Crippen LogP contribution < -0.4 is 5.56 Å². The number of pyridine rings is 2. The van der Waals surface area contributed by atoms with Gasteiger partial charge in [-0.3, -0.25) is 9.20 Å². The minimum atomic E-state index is 0.0635. The van der Waals surface area contributed by atoms with Gasteiger partial charge in [0.05, 0.1) is 5.69 Å². The lowest BCUT2D eigenvalue weighted by Gasteiger charge is -2.33. The molecule has 0 radical (unpaired) electrons. The fourth-order valence-electron chi connectivity index (χ4n) is 3.49. The van der Waals surface area contributed by atoms with E-state index in [4.69, 9.17) is 4.98 Å². The highest BCUT2D eigenvalue weighted by Gasteiger charge is 2.31. The van der Waals surface area contributed by atoms with E-state index in [1.807, 2.05) is 30.3 Å². The molecule has 0 aliphatic heterocycles. The average Bonchev–Trinajstić information content (AvgIpc) is 2.68. The molecule has 1 aliphatic carbocycles. The topological polar surface area (TPSA) is 47.3 Å². The van der Waals surface area contributed by atoms with Crippen LogP contribution in [0, 0.1) is 17.3 Å². The largest absolute Gasteiger partial charge is 0.269 e. The molecule has 3 aromatic heterocycles. The van der Waals surface area contributed by atoms with Crippen molar-refractivity contribution in [2.24, 2.45) is 5.41 Å². The van der Waals surface area contributed by atoms with Gasteiger partial charge in [0.25, 0.3) is 5.56 Å². The van der Waals surface area contributed by atoms with Crippen molar-refractivity contribution in [3.05, 3.63) is 75.6 Å². The first-order valence-corrected chi connectivity index (χ1v) is 9.05. The molecule has 1 aliphatic rings. The summed E-state index contributed by atoms with van der Waals surface area (Å²) in [4.78, 5) is 21.9. The molecule has 3 aromatic rings. The fourth-order valence-corrected chi connectivity index (χ4v) is 3.49. The zero-order valence-electron chi connectivity index (χ0n) is 15.1. The molecule has 0 saturated carbocycles. The van der Waals surface area contributed by atoms with Crippen LogP contribution in [0.3, 0.4) is 0 Å². The van der Waals surface area contributed by atoms with Crippen LogP contribution >= 0.6 is 0 Å². The Hall–Kier alpha value is -2.93. The number of nitrogens with zero attached hydrogens (tertiary/aromatic N) is 3. The van der Waals surface area contributed by atoms with Crippen LogP contribution in [0.5, 0.6) is 0 Å². The predicted octanol–water partition coefficient (Wildman–Crippen LogP) is 3.39. The van der Waals surface area contributed by atoms with Gasteiger partial charge in [0, 0.05) is 23.5 Å². The third-order valence-electron chi connectivity index (χ3n) is 5.43. The summed E-state index contributed by atoms with van der Waals surface area (Å²) in [6.45, 7) is 4.46. The first-order chi connectivity index (χ1) is 12.6. The van der Waals surface area contributed by atoms with Gasteiger partial charge >= 0.3 is 0 Å². The standard InChI is InChI=1S/C22H21N3O/c1-3-22(2)11-9-19-18(15-22)21(26)25-13-10-16(14-20(25)24-19)7-8-17-6-4-5-12-23-17/h4-6,10,12-14H,3,9,11,15H2,1-2H3. The maximum absolute atomic E-state index is 12.9. The zero-order chi connectivity index (χ0) is 18.1. The maximum atomic E-state index is 12.9. The van der Waals surface area contributed by atoms with Gasteiger partial charge in [-0.2, -0.15) is 0 Å². The molecule has 0 aromatic carbocycles. The van der Waals surface area contributed by atoms with E-state index in [0.717, 1.165) is 48.2 Å². The lowest BCUT2D eigenvalue weighted by atomic mass is 9.73. The van der Waals surface area contributed by atoms with Crippen molar-refractivity contribution in [1.29, 1.82) is 0 Å².